The van der Waals surface area contributed by atoms with E-state index in [2.05, 4.69) is 5.32 Å². The number of para-hydroxylation sites is 1. The number of rotatable bonds is 8. The summed E-state index contributed by atoms with van der Waals surface area (Å²) < 4.78 is 15.7. The molecule has 148 valence electrons. The molecule has 2 aromatic carbocycles. The minimum absolute atomic E-state index is 0.0955. The predicted octanol–water partition coefficient (Wildman–Crippen LogP) is 2.94. The van der Waals surface area contributed by atoms with Crippen LogP contribution in [-0.4, -0.2) is 36.1 Å². The van der Waals surface area contributed by atoms with Gasteiger partial charge in [0.25, 0.3) is 11.6 Å². The van der Waals surface area contributed by atoms with Crippen molar-refractivity contribution in [2.75, 3.05) is 12.4 Å². The van der Waals surface area contributed by atoms with Crippen LogP contribution in [0, 0.1) is 10.1 Å². The standard InChI is InChI=1S/C19H20N2O7/c1-12(28-19(23)13(2)27-15-7-5-4-6-8-15)18(22)20-16-11-14(21(24)25)9-10-17(16)26-3/h4-13H,1-3H3,(H,20,22)/t12-,13-/m1/s1. The van der Waals surface area contributed by atoms with Crippen LogP contribution in [0.3, 0.4) is 0 Å². The first-order valence-corrected chi connectivity index (χ1v) is 8.37. The lowest BCUT2D eigenvalue weighted by molar-refractivity contribution is -0.384. The Morgan fingerprint density at radius 2 is 1.75 bits per heavy atom. The average molecular weight is 388 g/mol. The molecule has 1 N–H and O–H groups in total. The number of nitro groups is 1. The van der Waals surface area contributed by atoms with Crippen LogP contribution < -0.4 is 14.8 Å². The van der Waals surface area contributed by atoms with Gasteiger partial charge in [-0.3, -0.25) is 14.9 Å². The Morgan fingerprint density at radius 1 is 1.07 bits per heavy atom. The first kappa shape index (κ1) is 20.7. The molecule has 0 radical (unpaired) electrons. The molecule has 28 heavy (non-hydrogen) atoms. The van der Waals surface area contributed by atoms with E-state index >= 15 is 0 Å². The van der Waals surface area contributed by atoms with Crippen LogP contribution >= 0.6 is 0 Å². The molecule has 9 heteroatoms. The van der Waals surface area contributed by atoms with E-state index in [1.54, 1.807) is 24.3 Å². The Morgan fingerprint density at radius 3 is 2.36 bits per heavy atom. The predicted molar refractivity (Wildman–Crippen MR) is 100 cm³/mol. The summed E-state index contributed by atoms with van der Waals surface area (Å²) in [7, 11) is 1.36. The molecule has 0 saturated heterocycles. The molecule has 1 amide bonds. The van der Waals surface area contributed by atoms with Gasteiger partial charge in [-0.05, 0) is 32.0 Å². The number of ether oxygens (including phenoxy) is 3. The zero-order chi connectivity index (χ0) is 20.7. The van der Waals surface area contributed by atoms with E-state index in [-0.39, 0.29) is 17.1 Å². The summed E-state index contributed by atoms with van der Waals surface area (Å²) >= 11 is 0. The molecule has 0 aliphatic carbocycles. The maximum atomic E-state index is 12.3. The van der Waals surface area contributed by atoms with E-state index in [4.69, 9.17) is 14.2 Å². The maximum Gasteiger partial charge on any atom is 0.347 e. The average Bonchev–Trinajstić information content (AvgIpc) is 2.68. The number of hydrogen-bond acceptors (Lipinski definition) is 7. The molecule has 0 aliphatic heterocycles. The fraction of sp³-hybridized carbons (Fsp3) is 0.263. The number of carbonyl (C=O) groups is 2. The van der Waals surface area contributed by atoms with Crippen LogP contribution in [0.5, 0.6) is 11.5 Å². The van der Waals surface area contributed by atoms with Gasteiger partial charge >= 0.3 is 5.97 Å². The third-order valence-corrected chi connectivity index (χ3v) is 3.70. The summed E-state index contributed by atoms with van der Waals surface area (Å²) in [5.41, 5.74) is -0.121. The molecule has 0 aromatic heterocycles. The van der Waals surface area contributed by atoms with E-state index in [0.29, 0.717) is 5.75 Å². The van der Waals surface area contributed by atoms with Crippen LogP contribution in [0.4, 0.5) is 11.4 Å². The lowest BCUT2D eigenvalue weighted by Gasteiger charge is -2.18. The van der Waals surface area contributed by atoms with Gasteiger partial charge in [0.15, 0.2) is 12.2 Å². The lowest BCUT2D eigenvalue weighted by Crippen LogP contribution is -2.35. The number of esters is 1. The van der Waals surface area contributed by atoms with Crippen LogP contribution in [-0.2, 0) is 14.3 Å². The minimum atomic E-state index is -1.15. The SMILES string of the molecule is COc1ccc([N+](=O)[O-])cc1NC(=O)[C@@H](C)OC(=O)[C@@H](C)Oc1ccccc1. The molecule has 0 unspecified atom stereocenters. The van der Waals surface area contributed by atoms with Gasteiger partial charge in [-0.25, -0.2) is 4.79 Å². The van der Waals surface area contributed by atoms with Gasteiger partial charge in [0.05, 0.1) is 17.7 Å². The van der Waals surface area contributed by atoms with E-state index in [9.17, 15) is 19.7 Å². The van der Waals surface area contributed by atoms with E-state index < -0.39 is 29.0 Å². The molecule has 0 saturated carbocycles. The summed E-state index contributed by atoms with van der Waals surface area (Å²) in [5, 5.41) is 13.4. The Balaban J connectivity index is 1.99. The number of methoxy groups -OCH3 is 1. The van der Waals surface area contributed by atoms with Crippen molar-refractivity contribution in [3.05, 3.63) is 58.6 Å². The van der Waals surface area contributed by atoms with Gasteiger partial charge < -0.3 is 19.5 Å². The summed E-state index contributed by atoms with van der Waals surface area (Å²) in [5.74, 6) is -0.666. The lowest BCUT2D eigenvalue weighted by atomic mass is 10.2. The highest BCUT2D eigenvalue weighted by atomic mass is 16.6. The van der Waals surface area contributed by atoms with Gasteiger partial charge in [-0.2, -0.15) is 0 Å². The number of benzene rings is 2. The van der Waals surface area contributed by atoms with Crippen molar-refractivity contribution in [3.8, 4) is 11.5 Å². The van der Waals surface area contributed by atoms with Crippen LogP contribution in [0.2, 0.25) is 0 Å². The Bertz CT molecular complexity index is 855. The van der Waals surface area contributed by atoms with E-state index in [1.807, 2.05) is 6.07 Å². The largest absolute Gasteiger partial charge is 0.495 e. The molecule has 0 heterocycles. The maximum absolute atomic E-state index is 12.3. The van der Waals surface area contributed by atoms with Gasteiger partial charge in [-0.15, -0.1) is 0 Å². The summed E-state index contributed by atoms with van der Waals surface area (Å²) in [4.78, 5) is 34.8. The van der Waals surface area contributed by atoms with Gasteiger partial charge in [0.2, 0.25) is 0 Å². The summed E-state index contributed by atoms with van der Waals surface area (Å²) in [6.45, 7) is 2.88. The number of amides is 1. The third-order valence-electron chi connectivity index (χ3n) is 3.70. The van der Waals surface area contributed by atoms with Crippen molar-refractivity contribution in [2.45, 2.75) is 26.1 Å². The van der Waals surface area contributed by atoms with E-state index in [0.717, 1.165) is 6.07 Å². The smallest absolute Gasteiger partial charge is 0.347 e. The molecule has 9 nitrogen and oxygen atoms in total. The number of hydrogen-bond donors (Lipinski definition) is 1. The van der Waals surface area contributed by atoms with Crippen molar-refractivity contribution in [1.29, 1.82) is 0 Å². The van der Waals surface area contributed by atoms with Crippen LogP contribution in [0.25, 0.3) is 0 Å². The molecule has 2 atom stereocenters. The highest BCUT2D eigenvalue weighted by molar-refractivity contribution is 5.96. The van der Waals surface area contributed by atoms with Crippen molar-refractivity contribution >= 4 is 23.3 Å². The summed E-state index contributed by atoms with van der Waals surface area (Å²) in [6.07, 6.45) is -2.08. The Hall–Kier alpha value is -3.62. The second kappa shape index (κ2) is 9.36. The van der Waals surface area contributed by atoms with Crippen molar-refractivity contribution in [1.82, 2.24) is 0 Å². The van der Waals surface area contributed by atoms with Crippen molar-refractivity contribution < 1.29 is 28.7 Å². The highest BCUT2D eigenvalue weighted by Gasteiger charge is 2.24. The van der Waals surface area contributed by atoms with Crippen molar-refractivity contribution in [2.24, 2.45) is 0 Å². The molecular formula is C19H20N2O7. The molecule has 2 aromatic rings. The quantitative estimate of drug-likeness (QED) is 0.420. The fourth-order valence-corrected chi connectivity index (χ4v) is 2.22. The number of carbonyl (C=O) groups excluding carboxylic acids is 2. The molecule has 0 bridgehead atoms. The summed E-state index contributed by atoms with van der Waals surface area (Å²) in [6, 6.07) is 12.5. The normalized spacial score (nSPS) is 12.4. The molecule has 0 fully saturated rings. The second-order valence-corrected chi connectivity index (χ2v) is 5.78. The fourth-order valence-electron chi connectivity index (χ4n) is 2.22. The molecule has 0 aliphatic rings. The number of non-ortho nitro benzene ring substituents is 1. The molecule has 0 spiro atoms. The van der Waals surface area contributed by atoms with Gasteiger partial charge in [-0.1, -0.05) is 18.2 Å². The van der Waals surface area contributed by atoms with Crippen LogP contribution in [0.1, 0.15) is 13.8 Å². The van der Waals surface area contributed by atoms with Crippen LogP contribution in [0.15, 0.2) is 48.5 Å². The van der Waals surface area contributed by atoms with Crippen molar-refractivity contribution in [3.63, 3.8) is 0 Å². The zero-order valence-electron chi connectivity index (χ0n) is 15.6. The molecule has 2 rings (SSSR count). The number of anilines is 1. The number of nitro benzene ring substituents is 1. The van der Waals surface area contributed by atoms with Gasteiger partial charge in [0, 0.05) is 12.1 Å². The Kier molecular flexibility index (Phi) is 6.91. The molecular weight excluding hydrogens is 368 g/mol. The first-order valence-electron chi connectivity index (χ1n) is 8.37. The number of nitrogens with zero attached hydrogens (tertiary/aromatic N) is 1. The minimum Gasteiger partial charge on any atom is -0.495 e. The topological polar surface area (TPSA) is 117 Å². The zero-order valence-corrected chi connectivity index (χ0v) is 15.6. The highest BCUT2D eigenvalue weighted by Crippen LogP contribution is 2.29. The first-order chi connectivity index (χ1) is 13.3. The van der Waals surface area contributed by atoms with E-state index in [1.165, 1.54) is 33.1 Å². The second-order valence-electron chi connectivity index (χ2n) is 5.78. The Labute approximate surface area is 161 Å². The third kappa shape index (κ3) is 5.44. The van der Waals surface area contributed by atoms with Gasteiger partial charge in [0.1, 0.15) is 11.5 Å². The monoisotopic (exact) mass is 388 g/mol. The number of nitrogens with one attached hydrogen (secondary N) is 1.